The van der Waals surface area contributed by atoms with Gasteiger partial charge in [0.2, 0.25) is 0 Å². The van der Waals surface area contributed by atoms with Gasteiger partial charge in [-0.25, -0.2) is 0 Å². The highest BCUT2D eigenvalue weighted by Crippen LogP contribution is 2.19. The number of likely N-dealkylation sites (N-methyl/N-ethyl adjacent to an activating group) is 1. The largest absolute Gasteiger partial charge is 0.398 e. The van der Waals surface area contributed by atoms with Crippen molar-refractivity contribution < 1.29 is 4.74 Å². The number of hydrogen-bond donors (Lipinski definition) is 1. The zero-order valence-electron chi connectivity index (χ0n) is 9.79. The summed E-state index contributed by atoms with van der Waals surface area (Å²) >= 11 is 0. The minimum Gasteiger partial charge on any atom is -0.398 e. The Hall–Kier alpha value is -1.22. The molecule has 0 amide bonds. The molecule has 0 aromatic heterocycles. The maximum absolute atomic E-state index is 5.86. The van der Waals surface area contributed by atoms with Gasteiger partial charge in [0.15, 0.2) is 0 Å². The molecule has 3 heteroatoms. The third-order valence-electron chi connectivity index (χ3n) is 2.48. The Morgan fingerprint density at radius 1 is 1.40 bits per heavy atom. The van der Waals surface area contributed by atoms with Crippen molar-refractivity contribution in [3.8, 4) is 0 Å². The fourth-order valence-corrected chi connectivity index (χ4v) is 1.34. The number of nitrogens with two attached hydrogens (primary N) is 1. The first-order chi connectivity index (χ1) is 7.15. The summed E-state index contributed by atoms with van der Waals surface area (Å²) in [6.45, 7) is 6.42. The van der Waals surface area contributed by atoms with E-state index in [1.807, 2.05) is 33.0 Å². The van der Waals surface area contributed by atoms with Crippen LogP contribution in [0.1, 0.15) is 12.5 Å². The number of benzene rings is 1. The van der Waals surface area contributed by atoms with Crippen LogP contribution in [0, 0.1) is 6.92 Å². The molecule has 0 heterocycles. The summed E-state index contributed by atoms with van der Waals surface area (Å²) in [5, 5.41) is 0. The van der Waals surface area contributed by atoms with Crippen molar-refractivity contribution in [3.63, 3.8) is 0 Å². The smallest absolute Gasteiger partial charge is 0.0641 e. The second-order valence-electron chi connectivity index (χ2n) is 3.66. The zero-order chi connectivity index (χ0) is 11.3. The average molecular weight is 208 g/mol. The first kappa shape index (κ1) is 11.9. The standard InChI is InChI=1S/C12H20N2O/c1-4-15-8-7-14(3)11-6-5-10(2)12(13)9-11/h5-6,9H,4,7-8,13H2,1-3H3. The number of aryl methyl sites for hydroxylation is 1. The SMILES string of the molecule is CCOCCN(C)c1ccc(C)c(N)c1. The first-order valence-electron chi connectivity index (χ1n) is 5.30. The van der Waals surface area contributed by atoms with Gasteiger partial charge in [-0.05, 0) is 31.5 Å². The molecule has 15 heavy (non-hydrogen) atoms. The Morgan fingerprint density at radius 3 is 2.73 bits per heavy atom. The van der Waals surface area contributed by atoms with Gasteiger partial charge in [-0.2, -0.15) is 0 Å². The highest BCUT2D eigenvalue weighted by molar-refractivity contribution is 5.59. The van der Waals surface area contributed by atoms with Crippen LogP contribution in [0.25, 0.3) is 0 Å². The van der Waals surface area contributed by atoms with Gasteiger partial charge in [0.1, 0.15) is 0 Å². The maximum Gasteiger partial charge on any atom is 0.0641 e. The molecule has 1 aromatic carbocycles. The third-order valence-corrected chi connectivity index (χ3v) is 2.48. The Labute approximate surface area is 91.8 Å². The summed E-state index contributed by atoms with van der Waals surface area (Å²) in [5.74, 6) is 0. The number of nitrogen functional groups attached to an aromatic ring is 1. The molecule has 0 aliphatic rings. The van der Waals surface area contributed by atoms with Crippen LogP contribution >= 0.6 is 0 Å². The van der Waals surface area contributed by atoms with Crippen molar-refractivity contribution in [3.05, 3.63) is 23.8 Å². The van der Waals surface area contributed by atoms with Crippen LogP contribution < -0.4 is 10.6 Å². The normalized spacial score (nSPS) is 10.3. The van der Waals surface area contributed by atoms with Crippen molar-refractivity contribution in [2.45, 2.75) is 13.8 Å². The first-order valence-corrected chi connectivity index (χ1v) is 5.30. The Bertz CT molecular complexity index is 312. The molecule has 0 spiro atoms. The van der Waals surface area contributed by atoms with Crippen LogP contribution in [0.2, 0.25) is 0 Å². The van der Waals surface area contributed by atoms with Crippen LogP contribution in [-0.4, -0.2) is 26.8 Å². The van der Waals surface area contributed by atoms with Crippen molar-refractivity contribution >= 4 is 11.4 Å². The summed E-state index contributed by atoms with van der Waals surface area (Å²) in [6.07, 6.45) is 0. The number of nitrogens with zero attached hydrogens (tertiary/aromatic N) is 1. The van der Waals surface area contributed by atoms with Crippen LogP contribution in [0.5, 0.6) is 0 Å². The highest BCUT2D eigenvalue weighted by atomic mass is 16.5. The molecule has 0 saturated heterocycles. The maximum atomic E-state index is 5.86. The lowest BCUT2D eigenvalue weighted by Gasteiger charge is -2.19. The second-order valence-corrected chi connectivity index (χ2v) is 3.66. The van der Waals surface area contributed by atoms with Crippen LogP contribution in [0.4, 0.5) is 11.4 Å². The predicted molar refractivity (Wildman–Crippen MR) is 65.4 cm³/mol. The minimum absolute atomic E-state index is 0.751. The van der Waals surface area contributed by atoms with Gasteiger partial charge in [-0.15, -0.1) is 0 Å². The molecule has 0 radical (unpaired) electrons. The van der Waals surface area contributed by atoms with Crippen molar-refractivity contribution in [2.24, 2.45) is 0 Å². The summed E-state index contributed by atoms with van der Waals surface area (Å²) in [6, 6.07) is 6.13. The van der Waals surface area contributed by atoms with Gasteiger partial charge in [-0.1, -0.05) is 6.07 Å². The van der Waals surface area contributed by atoms with Crippen molar-refractivity contribution in [1.29, 1.82) is 0 Å². The molecule has 0 bridgehead atoms. The molecular formula is C12H20N2O. The number of rotatable bonds is 5. The van der Waals surface area contributed by atoms with Gasteiger partial charge < -0.3 is 15.4 Å². The molecule has 0 aliphatic heterocycles. The van der Waals surface area contributed by atoms with E-state index in [1.165, 1.54) is 0 Å². The molecular weight excluding hydrogens is 188 g/mol. The van der Waals surface area contributed by atoms with E-state index < -0.39 is 0 Å². The summed E-state index contributed by atoms with van der Waals surface area (Å²) in [5.41, 5.74) is 8.96. The average Bonchev–Trinajstić information content (AvgIpc) is 2.22. The number of hydrogen-bond acceptors (Lipinski definition) is 3. The molecule has 84 valence electrons. The molecule has 0 aliphatic carbocycles. The molecule has 0 saturated carbocycles. The molecule has 2 N–H and O–H groups in total. The molecule has 1 aromatic rings. The second kappa shape index (κ2) is 5.61. The summed E-state index contributed by atoms with van der Waals surface area (Å²) < 4.78 is 5.31. The van der Waals surface area contributed by atoms with Gasteiger partial charge in [-0.3, -0.25) is 0 Å². The van der Waals surface area contributed by atoms with Gasteiger partial charge in [0, 0.05) is 31.6 Å². The topological polar surface area (TPSA) is 38.5 Å². The van der Waals surface area contributed by atoms with E-state index in [1.54, 1.807) is 0 Å². The lowest BCUT2D eigenvalue weighted by molar-refractivity contribution is 0.154. The molecule has 0 fully saturated rings. The van der Waals surface area contributed by atoms with E-state index in [9.17, 15) is 0 Å². The molecule has 0 unspecified atom stereocenters. The van der Waals surface area contributed by atoms with E-state index in [4.69, 9.17) is 10.5 Å². The van der Waals surface area contributed by atoms with Crippen molar-refractivity contribution in [2.75, 3.05) is 37.4 Å². The van der Waals surface area contributed by atoms with E-state index >= 15 is 0 Å². The van der Waals surface area contributed by atoms with Gasteiger partial charge in [0.05, 0.1) is 6.61 Å². The van der Waals surface area contributed by atoms with Gasteiger partial charge in [0.25, 0.3) is 0 Å². The molecule has 0 atom stereocenters. The lowest BCUT2D eigenvalue weighted by atomic mass is 10.2. The summed E-state index contributed by atoms with van der Waals surface area (Å²) in [4.78, 5) is 2.14. The van der Waals surface area contributed by atoms with E-state index in [0.29, 0.717) is 0 Å². The zero-order valence-corrected chi connectivity index (χ0v) is 9.79. The van der Waals surface area contributed by atoms with Crippen LogP contribution in [0.3, 0.4) is 0 Å². The predicted octanol–water partition coefficient (Wildman–Crippen LogP) is 2.05. The third kappa shape index (κ3) is 3.44. The van der Waals surface area contributed by atoms with E-state index in [-0.39, 0.29) is 0 Å². The van der Waals surface area contributed by atoms with E-state index in [2.05, 4.69) is 11.0 Å². The fourth-order valence-electron chi connectivity index (χ4n) is 1.34. The van der Waals surface area contributed by atoms with E-state index in [0.717, 1.165) is 36.7 Å². The Morgan fingerprint density at radius 2 is 2.13 bits per heavy atom. The summed E-state index contributed by atoms with van der Waals surface area (Å²) in [7, 11) is 2.04. The van der Waals surface area contributed by atoms with Crippen LogP contribution in [-0.2, 0) is 4.74 Å². The molecule has 1 rings (SSSR count). The monoisotopic (exact) mass is 208 g/mol. The minimum atomic E-state index is 0.751. The quantitative estimate of drug-likeness (QED) is 0.594. The Kier molecular flexibility index (Phi) is 4.43. The number of ether oxygens (including phenoxy) is 1. The highest BCUT2D eigenvalue weighted by Gasteiger charge is 2.02. The lowest BCUT2D eigenvalue weighted by Crippen LogP contribution is -2.22. The van der Waals surface area contributed by atoms with Gasteiger partial charge >= 0.3 is 0 Å². The molecule has 3 nitrogen and oxygen atoms in total. The van der Waals surface area contributed by atoms with Crippen LogP contribution in [0.15, 0.2) is 18.2 Å². The fraction of sp³-hybridized carbons (Fsp3) is 0.500. The Balaban J connectivity index is 2.57. The number of anilines is 2. The van der Waals surface area contributed by atoms with Crippen molar-refractivity contribution in [1.82, 2.24) is 0 Å².